The second kappa shape index (κ2) is 9.77. The molecule has 0 aliphatic carbocycles. The van der Waals surface area contributed by atoms with E-state index in [2.05, 4.69) is 4.98 Å². The number of likely N-dealkylation sites (tertiary alicyclic amines) is 1. The van der Waals surface area contributed by atoms with Gasteiger partial charge in [-0.3, -0.25) is 9.59 Å². The molecule has 1 amide bonds. The maximum atomic E-state index is 13.3. The third kappa shape index (κ3) is 4.56. The largest absolute Gasteiger partial charge is 0.493 e. The van der Waals surface area contributed by atoms with Gasteiger partial charge in [0.1, 0.15) is 11.3 Å². The van der Waals surface area contributed by atoms with Crippen LogP contribution in [0.2, 0.25) is 0 Å². The summed E-state index contributed by atoms with van der Waals surface area (Å²) in [6.45, 7) is 0.662. The van der Waals surface area contributed by atoms with Gasteiger partial charge < -0.3 is 23.8 Å². The zero-order valence-corrected chi connectivity index (χ0v) is 18.4. The van der Waals surface area contributed by atoms with Gasteiger partial charge in [0.15, 0.2) is 11.5 Å². The number of furan rings is 1. The van der Waals surface area contributed by atoms with Crippen molar-refractivity contribution < 1.29 is 18.7 Å². The molecular formula is C25H28N2O5. The first-order chi connectivity index (χ1) is 15.6. The van der Waals surface area contributed by atoms with Crippen molar-refractivity contribution in [3.8, 4) is 23.0 Å². The Balaban J connectivity index is 1.48. The summed E-state index contributed by atoms with van der Waals surface area (Å²) in [5, 5.41) is 0. The highest BCUT2D eigenvalue weighted by Crippen LogP contribution is 2.29. The Morgan fingerprint density at radius 2 is 1.97 bits per heavy atom. The molecule has 7 heteroatoms. The molecule has 1 fully saturated rings. The molecule has 1 saturated heterocycles. The van der Waals surface area contributed by atoms with Gasteiger partial charge in [-0.25, -0.2) is 0 Å². The number of amides is 1. The molecule has 0 radical (unpaired) electrons. The number of aromatic nitrogens is 1. The number of benzene rings is 1. The normalized spacial score (nSPS) is 16.1. The van der Waals surface area contributed by atoms with E-state index in [4.69, 9.17) is 13.9 Å². The summed E-state index contributed by atoms with van der Waals surface area (Å²) >= 11 is 0. The summed E-state index contributed by atoms with van der Waals surface area (Å²) in [5.41, 5.74) is 1.45. The molecule has 1 atom stereocenters. The topological polar surface area (TPSA) is 84.8 Å². The van der Waals surface area contributed by atoms with Crippen molar-refractivity contribution in [3.05, 3.63) is 70.2 Å². The van der Waals surface area contributed by atoms with Crippen LogP contribution in [0.4, 0.5) is 0 Å². The van der Waals surface area contributed by atoms with Crippen LogP contribution < -0.4 is 15.0 Å². The predicted molar refractivity (Wildman–Crippen MR) is 121 cm³/mol. The van der Waals surface area contributed by atoms with Crippen molar-refractivity contribution in [2.45, 2.75) is 38.1 Å². The lowest BCUT2D eigenvalue weighted by atomic mass is 9.95. The minimum Gasteiger partial charge on any atom is -0.493 e. The van der Waals surface area contributed by atoms with Crippen LogP contribution in [0.15, 0.2) is 57.9 Å². The first-order valence-corrected chi connectivity index (χ1v) is 10.9. The van der Waals surface area contributed by atoms with Crippen LogP contribution in [0.25, 0.3) is 11.5 Å². The van der Waals surface area contributed by atoms with Gasteiger partial charge in [-0.05, 0) is 74.1 Å². The summed E-state index contributed by atoms with van der Waals surface area (Å²) in [4.78, 5) is 30.6. The second-order valence-electron chi connectivity index (χ2n) is 7.97. The highest BCUT2D eigenvalue weighted by atomic mass is 16.5. The van der Waals surface area contributed by atoms with Gasteiger partial charge in [-0.1, -0.05) is 6.07 Å². The molecule has 1 aliphatic rings. The number of carbonyl (C=O) groups excluding carboxylic acids is 1. The monoisotopic (exact) mass is 436 g/mol. The molecule has 0 saturated carbocycles. The molecule has 1 aromatic carbocycles. The number of carbonyl (C=O) groups is 1. The maximum absolute atomic E-state index is 13.3. The molecule has 0 spiro atoms. The third-order valence-electron chi connectivity index (χ3n) is 6.03. The number of hydrogen-bond donors (Lipinski definition) is 1. The van der Waals surface area contributed by atoms with Crippen LogP contribution in [0.1, 0.15) is 41.6 Å². The number of H-pyrrole nitrogens is 1. The van der Waals surface area contributed by atoms with Gasteiger partial charge in [0.25, 0.3) is 11.5 Å². The molecule has 1 aliphatic heterocycles. The van der Waals surface area contributed by atoms with Crippen molar-refractivity contribution in [1.82, 2.24) is 9.88 Å². The Labute approximate surface area is 187 Å². The van der Waals surface area contributed by atoms with Crippen molar-refractivity contribution in [2.75, 3.05) is 20.8 Å². The first kappa shape index (κ1) is 21.7. The average Bonchev–Trinajstić information content (AvgIpc) is 3.37. The number of nitrogens with one attached hydrogen (secondary N) is 1. The Morgan fingerprint density at radius 1 is 1.12 bits per heavy atom. The highest BCUT2D eigenvalue weighted by Gasteiger charge is 2.29. The fraction of sp³-hybridized carbons (Fsp3) is 0.360. The van der Waals surface area contributed by atoms with E-state index in [0.29, 0.717) is 29.5 Å². The Hall–Kier alpha value is -3.48. The summed E-state index contributed by atoms with van der Waals surface area (Å²) < 4.78 is 16.0. The van der Waals surface area contributed by atoms with E-state index >= 15 is 0 Å². The van der Waals surface area contributed by atoms with Crippen LogP contribution in [-0.4, -0.2) is 42.6 Å². The number of hydrogen-bond acceptors (Lipinski definition) is 5. The number of nitrogens with zero attached hydrogens (tertiary/aromatic N) is 1. The zero-order valence-electron chi connectivity index (χ0n) is 18.4. The number of aromatic amines is 1. The Morgan fingerprint density at radius 3 is 2.69 bits per heavy atom. The van der Waals surface area contributed by atoms with Crippen molar-refractivity contribution in [1.29, 1.82) is 0 Å². The summed E-state index contributed by atoms with van der Waals surface area (Å²) in [7, 11) is 3.24. The number of rotatable bonds is 7. The van der Waals surface area contributed by atoms with Gasteiger partial charge in [-0.2, -0.15) is 0 Å². The highest BCUT2D eigenvalue weighted by molar-refractivity contribution is 5.94. The van der Waals surface area contributed by atoms with E-state index in [1.54, 1.807) is 44.7 Å². The first-order valence-electron chi connectivity index (χ1n) is 10.9. The fourth-order valence-electron chi connectivity index (χ4n) is 4.31. The molecule has 2 aromatic heterocycles. The van der Waals surface area contributed by atoms with E-state index in [-0.39, 0.29) is 17.5 Å². The quantitative estimate of drug-likeness (QED) is 0.598. The van der Waals surface area contributed by atoms with Crippen molar-refractivity contribution in [2.24, 2.45) is 0 Å². The van der Waals surface area contributed by atoms with Crippen LogP contribution in [0.3, 0.4) is 0 Å². The van der Waals surface area contributed by atoms with Gasteiger partial charge in [0.05, 0.1) is 26.2 Å². The van der Waals surface area contributed by atoms with E-state index in [0.717, 1.165) is 37.7 Å². The molecule has 7 nitrogen and oxygen atoms in total. The van der Waals surface area contributed by atoms with E-state index in [9.17, 15) is 9.59 Å². The minimum absolute atomic E-state index is 0.0912. The zero-order chi connectivity index (χ0) is 22.5. The van der Waals surface area contributed by atoms with Gasteiger partial charge in [0.2, 0.25) is 0 Å². The van der Waals surface area contributed by atoms with Crippen molar-refractivity contribution in [3.63, 3.8) is 0 Å². The number of piperidine rings is 1. The molecule has 3 heterocycles. The van der Waals surface area contributed by atoms with Gasteiger partial charge in [-0.15, -0.1) is 0 Å². The number of pyridine rings is 1. The molecular weight excluding hydrogens is 408 g/mol. The summed E-state index contributed by atoms with van der Waals surface area (Å²) in [6, 6.07) is 12.8. The lowest BCUT2D eigenvalue weighted by molar-refractivity contribution is 0.0600. The standard InChI is InChI=1S/C25H28N2O5/c1-30-22-13-9-17(16-23(22)31-2)8-10-18-6-3-4-14-27(18)25(29)19-11-12-20(26-24(19)28)21-7-5-15-32-21/h5,7,9,11-13,15-16,18H,3-4,6,8,10,14H2,1-2H3,(H,26,28). The second-order valence-corrected chi connectivity index (χ2v) is 7.97. The third-order valence-corrected chi connectivity index (χ3v) is 6.03. The van der Waals surface area contributed by atoms with Crippen LogP contribution >= 0.6 is 0 Å². The molecule has 3 aromatic rings. The molecule has 0 bridgehead atoms. The fourth-order valence-corrected chi connectivity index (χ4v) is 4.31. The summed E-state index contributed by atoms with van der Waals surface area (Å²) in [6.07, 6.45) is 6.13. The minimum atomic E-state index is -0.395. The number of ether oxygens (including phenoxy) is 2. The van der Waals surface area contributed by atoms with E-state index in [1.165, 1.54) is 0 Å². The van der Waals surface area contributed by atoms with Gasteiger partial charge >= 0.3 is 0 Å². The molecule has 1 N–H and O–H groups in total. The predicted octanol–water partition coefficient (Wildman–Crippen LogP) is 4.28. The van der Waals surface area contributed by atoms with Crippen LogP contribution in [-0.2, 0) is 6.42 Å². The molecule has 168 valence electrons. The van der Waals surface area contributed by atoms with Crippen LogP contribution in [0.5, 0.6) is 11.5 Å². The number of aryl methyl sites for hydroxylation is 1. The molecule has 4 rings (SSSR count). The lowest BCUT2D eigenvalue weighted by Gasteiger charge is -2.36. The van der Waals surface area contributed by atoms with E-state index in [1.807, 2.05) is 23.1 Å². The SMILES string of the molecule is COc1ccc(CCC2CCCCN2C(=O)c2ccc(-c3ccco3)[nH]c2=O)cc1OC. The van der Waals surface area contributed by atoms with Crippen LogP contribution in [0, 0.1) is 0 Å². The summed E-state index contributed by atoms with van der Waals surface area (Å²) in [5.74, 6) is 1.74. The maximum Gasteiger partial charge on any atom is 0.261 e. The molecule has 1 unspecified atom stereocenters. The lowest BCUT2D eigenvalue weighted by Crippen LogP contribution is -2.45. The van der Waals surface area contributed by atoms with Crippen molar-refractivity contribution >= 4 is 5.91 Å². The number of methoxy groups -OCH3 is 2. The van der Waals surface area contributed by atoms with Gasteiger partial charge in [0, 0.05) is 12.6 Å². The Kier molecular flexibility index (Phi) is 6.63. The Bertz CT molecular complexity index is 1120. The van der Waals surface area contributed by atoms with E-state index < -0.39 is 5.56 Å². The average molecular weight is 437 g/mol. The smallest absolute Gasteiger partial charge is 0.261 e. The molecule has 32 heavy (non-hydrogen) atoms.